The van der Waals surface area contributed by atoms with Gasteiger partial charge in [-0.1, -0.05) is 6.07 Å². The van der Waals surface area contributed by atoms with E-state index in [1.807, 2.05) is 24.4 Å². The molecule has 24 heavy (non-hydrogen) atoms. The molecular weight excluding hydrogens is 303 g/mol. The quantitative estimate of drug-likeness (QED) is 0.775. The van der Waals surface area contributed by atoms with Gasteiger partial charge in [0.1, 0.15) is 5.82 Å². The van der Waals surface area contributed by atoms with Crippen LogP contribution in [-0.4, -0.2) is 21.2 Å². The third-order valence-electron chi connectivity index (χ3n) is 4.54. The number of hydrogen-bond donors (Lipinski definition) is 2. The molecule has 4 nitrogen and oxygen atoms in total. The van der Waals surface area contributed by atoms with Crippen LogP contribution >= 0.6 is 0 Å². The first kappa shape index (κ1) is 15.0. The zero-order valence-electron chi connectivity index (χ0n) is 13.3. The lowest BCUT2D eigenvalue weighted by molar-refractivity contribution is 0.453. The smallest absolute Gasteiger partial charge is 0.123 e. The number of nitrogens with zero attached hydrogens (tertiary/aromatic N) is 2. The van der Waals surface area contributed by atoms with Gasteiger partial charge in [-0.3, -0.25) is 10.1 Å². The first-order valence-corrected chi connectivity index (χ1v) is 8.24. The Hall–Kier alpha value is -2.53. The summed E-state index contributed by atoms with van der Waals surface area (Å²) in [5.74, 6) is -0.229. The second-order valence-corrected chi connectivity index (χ2v) is 6.22. The van der Waals surface area contributed by atoms with Crippen LogP contribution in [0, 0.1) is 5.82 Å². The van der Waals surface area contributed by atoms with Gasteiger partial charge in [0.2, 0.25) is 0 Å². The van der Waals surface area contributed by atoms with E-state index in [0.29, 0.717) is 6.04 Å². The summed E-state index contributed by atoms with van der Waals surface area (Å²) in [4.78, 5) is 4.69. The van der Waals surface area contributed by atoms with Crippen molar-refractivity contribution in [2.75, 3.05) is 0 Å². The number of nitrogens with one attached hydrogen (secondary N) is 2. The van der Waals surface area contributed by atoms with Crippen LogP contribution in [0.5, 0.6) is 0 Å². The minimum absolute atomic E-state index is 0.229. The van der Waals surface area contributed by atoms with Gasteiger partial charge in [-0.15, -0.1) is 0 Å². The van der Waals surface area contributed by atoms with Crippen molar-refractivity contribution < 1.29 is 4.39 Å². The van der Waals surface area contributed by atoms with Crippen LogP contribution in [0.25, 0.3) is 11.3 Å². The Morgan fingerprint density at radius 1 is 1.17 bits per heavy atom. The normalized spacial score (nSPS) is 16.8. The molecule has 0 saturated heterocycles. The number of benzene rings is 1. The number of hydrogen-bond acceptors (Lipinski definition) is 3. The highest BCUT2D eigenvalue weighted by molar-refractivity contribution is 5.58. The van der Waals surface area contributed by atoms with Crippen LogP contribution in [0.2, 0.25) is 0 Å². The fourth-order valence-electron chi connectivity index (χ4n) is 3.20. The molecular formula is C19H19FN4. The van der Waals surface area contributed by atoms with E-state index < -0.39 is 0 Å². The molecule has 5 heteroatoms. The molecule has 3 aromatic rings. The Balaban J connectivity index is 1.42. The molecule has 0 amide bonds. The molecule has 1 aromatic carbocycles. The maximum Gasteiger partial charge on any atom is 0.123 e. The van der Waals surface area contributed by atoms with Crippen molar-refractivity contribution in [1.82, 2.24) is 20.5 Å². The number of halogens is 1. The fourth-order valence-corrected chi connectivity index (χ4v) is 3.20. The number of rotatable bonds is 4. The third-order valence-corrected chi connectivity index (χ3v) is 4.54. The van der Waals surface area contributed by atoms with Crippen molar-refractivity contribution in [2.24, 2.45) is 0 Å². The Labute approximate surface area is 140 Å². The van der Waals surface area contributed by atoms with Crippen LogP contribution in [-0.2, 0) is 19.4 Å². The van der Waals surface area contributed by atoms with Crippen molar-refractivity contribution in [3.8, 4) is 11.3 Å². The molecule has 0 aliphatic heterocycles. The van der Waals surface area contributed by atoms with E-state index in [1.54, 1.807) is 12.1 Å². The molecule has 1 unspecified atom stereocenters. The summed E-state index contributed by atoms with van der Waals surface area (Å²) in [6.07, 6.45) is 5.07. The molecule has 0 saturated carbocycles. The molecule has 2 heterocycles. The zero-order chi connectivity index (χ0) is 16.4. The van der Waals surface area contributed by atoms with Crippen LogP contribution in [0.1, 0.15) is 23.4 Å². The number of aryl methyl sites for hydroxylation is 1. The highest BCUT2D eigenvalue weighted by atomic mass is 19.1. The van der Waals surface area contributed by atoms with E-state index in [-0.39, 0.29) is 5.82 Å². The molecule has 4 rings (SSSR count). The summed E-state index contributed by atoms with van der Waals surface area (Å²) < 4.78 is 13.1. The second-order valence-electron chi connectivity index (χ2n) is 6.22. The van der Waals surface area contributed by atoms with Crippen molar-refractivity contribution in [2.45, 2.75) is 31.8 Å². The number of aromatic amines is 1. The summed E-state index contributed by atoms with van der Waals surface area (Å²) in [5, 5.41) is 10.8. The van der Waals surface area contributed by atoms with Gasteiger partial charge < -0.3 is 5.32 Å². The van der Waals surface area contributed by atoms with E-state index in [4.69, 9.17) is 0 Å². The van der Waals surface area contributed by atoms with Crippen molar-refractivity contribution in [3.05, 3.63) is 71.4 Å². The monoisotopic (exact) mass is 322 g/mol. The molecule has 1 aliphatic rings. The van der Waals surface area contributed by atoms with Gasteiger partial charge in [-0.25, -0.2) is 4.39 Å². The highest BCUT2D eigenvalue weighted by Gasteiger charge is 2.19. The predicted octanol–water partition coefficient (Wildman–Crippen LogP) is 3.26. The number of H-pyrrole nitrogens is 1. The molecule has 2 N–H and O–H groups in total. The lowest BCUT2D eigenvalue weighted by atomic mass is 9.93. The standard InChI is InChI=1S/C19H19FN4/c20-15-6-4-13(5-7-15)18-3-1-2-17(23-18)12-21-16-8-9-19-14(10-16)11-22-24-19/h1-7,11,16,21H,8-10,12H2,(H,22,24). The molecule has 0 radical (unpaired) electrons. The predicted molar refractivity (Wildman–Crippen MR) is 90.9 cm³/mol. The molecule has 0 bridgehead atoms. The first-order chi connectivity index (χ1) is 11.8. The molecule has 0 fully saturated rings. The van der Waals surface area contributed by atoms with E-state index in [2.05, 4.69) is 20.5 Å². The van der Waals surface area contributed by atoms with Crippen molar-refractivity contribution >= 4 is 0 Å². The summed E-state index contributed by atoms with van der Waals surface area (Å²) in [7, 11) is 0. The summed E-state index contributed by atoms with van der Waals surface area (Å²) >= 11 is 0. The molecule has 122 valence electrons. The minimum Gasteiger partial charge on any atom is -0.308 e. The van der Waals surface area contributed by atoms with Crippen molar-refractivity contribution in [3.63, 3.8) is 0 Å². The largest absolute Gasteiger partial charge is 0.308 e. The maximum absolute atomic E-state index is 13.1. The number of fused-ring (bicyclic) bond motifs is 1. The summed E-state index contributed by atoms with van der Waals surface area (Å²) in [5.41, 5.74) is 5.38. The Kier molecular flexibility index (Phi) is 4.09. The van der Waals surface area contributed by atoms with E-state index in [0.717, 1.165) is 42.8 Å². The average molecular weight is 322 g/mol. The van der Waals surface area contributed by atoms with E-state index in [1.165, 1.54) is 23.4 Å². The number of pyridine rings is 1. The van der Waals surface area contributed by atoms with Gasteiger partial charge in [0.25, 0.3) is 0 Å². The molecule has 2 aromatic heterocycles. The summed E-state index contributed by atoms with van der Waals surface area (Å²) in [6.45, 7) is 0.729. The molecule has 1 aliphatic carbocycles. The van der Waals surface area contributed by atoms with Crippen LogP contribution in [0.4, 0.5) is 4.39 Å². The Morgan fingerprint density at radius 2 is 2.04 bits per heavy atom. The van der Waals surface area contributed by atoms with Crippen LogP contribution in [0.3, 0.4) is 0 Å². The zero-order valence-corrected chi connectivity index (χ0v) is 13.3. The minimum atomic E-state index is -0.229. The number of aromatic nitrogens is 3. The lowest BCUT2D eigenvalue weighted by Crippen LogP contribution is -2.34. The third kappa shape index (κ3) is 3.21. The Bertz CT molecular complexity index is 825. The topological polar surface area (TPSA) is 53.6 Å². The van der Waals surface area contributed by atoms with Gasteiger partial charge in [-0.05, 0) is 61.2 Å². The van der Waals surface area contributed by atoms with Crippen LogP contribution < -0.4 is 5.32 Å². The van der Waals surface area contributed by atoms with Crippen LogP contribution in [0.15, 0.2) is 48.7 Å². The SMILES string of the molecule is Fc1ccc(-c2cccc(CNC3CCc4[nH]ncc4C3)n2)cc1. The van der Waals surface area contributed by atoms with Gasteiger partial charge >= 0.3 is 0 Å². The van der Waals surface area contributed by atoms with Crippen molar-refractivity contribution in [1.29, 1.82) is 0 Å². The maximum atomic E-state index is 13.1. The molecule has 1 atom stereocenters. The molecule has 0 spiro atoms. The average Bonchev–Trinajstić information content (AvgIpc) is 3.08. The van der Waals surface area contributed by atoms with E-state index in [9.17, 15) is 4.39 Å². The van der Waals surface area contributed by atoms with Gasteiger partial charge in [-0.2, -0.15) is 5.10 Å². The highest BCUT2D eigenvalue weighted by Crippen LogP contribution is 2.20. The lowest BCUT2D eigenvalue weighted by Gasteiger charge is -2.22. The first-order valence-electron chi connectivity index (χ1n) is 8.24. The van der Waals surface area contributed by atoms with Gasteiger partial charge in [0.05, 0.1) is 17.6 Å². The second kappa shape index (κ2) is 6.53. The summed E-state index contributed by atoms with van der Waals surface area (Å²) in [6, 6.07) is 12.9. The van der Waals surface area contributed by atoms with Gasteiger partial charge in [0, 0.05) is 23.8 Å². The van der Waals surface area contributed by atoms with Gasteiger partial charge in [0.15, 0.2) is 0 Å². The Morgan fingerprint density at radius 3 is 2.92 bits per heavy atom. The van der Waals surface area contributed by atoms with E-state index >= 15 is 0 Å². The fraction of sp³-hybridized carbons (Fsp3) is 0.263.